The van der Waals surface area contributed by atoms with E-state index in [0.29, 0.717) is 0 Å². The summed E-state index contributed by atoms with van der Waals surface area (Å²) in [5.74, 6) is 0. The molecule has 0 aromatic rings. The van der Waals surface area contributed by atoms with Crippen molar-refractivity contribution in [1.82, 2.24) is 0 Å². The molecule has 0 aliphatic rings. The van der Waals surface area contributed by atoms with Gasteiger partial charge in [0.2, 0.25) is 6.16 Å². The number of carbonyl (C=O) groups excluding carboxylic acids is 1. The van der Waals surface area contributed by atoms with Crippen LogP contribution in [-0.2, 0) is 4.89 Å². The quantitative estimate of drug-likeness (QED) is 0.324. The molecular weight excluding hydrogens is 342 g/mol. The minimum absolute atomic E-state index is 0. The summed E-state index contributed by atoms with van der Waals surface area (Å²) >= 11 is 0. The second-order valence-corrected chi connectivity index (χ2v) is 0.333. The van der Waals surface area contributed by atoms with E-state index in [1.165, 1.54) is 0 Å². The van der Waals surface area contributed by atoms with Gasteiger partial charge in [0.05, 0.1) is 0 Å². The van der Waals surface area contributed by atoms with Crippen LogP contribution in [0.4, 0.5) is 4.79 Å². The van der Waals surface area contributed by atoms with Crippen LogP contribution in [0.15, 0.2) is 0 Å². The Kier molecular flexibility index (Phi) is 28.8. The summed E-state index contributed by atoms with van der Waals surface area (Å²) < 4.78 is 0. The van der Waals surface area contributed by atoms with Crippen LogP contribution < -0.4 is 148 Å². The largest absolute Gasteiger partial charge is 1.00 e. The maximum absolute atomic E-state index is 8.72. The first kappa shape index (κ1) is 16.7. The molecule has 0 aromatic heterocycles. The van der Waals surface area contributed by atoms with Gasteiger partial charge in [0.15, 0.2) is 0 Å². The van der Waals surface area contributed by atoms with E-state index < -0.39 is 6.16 Å². The first-order valence-electron chi connectivity index (χ1n) is 0.779. The molecule has 0 heterocycles. The number of carbonyl (C=O) groups is 1. The Bertz CT molecular complexity index is 45.0. The van der Waals surface area contributed by atoms with E-state index in [1.54, 1.807) is 0 Å². The summed E-state index contributed by atoms with van der Waals surface area (Å²) in [6.07, 6.45) is -2.05. The summed E-state index contributed by atoms with van der Waals surface area (Å²) in [6.45, 7) is 0. The Morgan fingerprint density at radius 2 is 1.57 bits per heavy atom. The normalized spacial score (nSPS) is 4.71. The Hall–Kier alpha value is 3.33. The first-order valence-corrected chi connectivity index (χ1v) is 0.779. The van der Waals surface area contributed by atoms with Gasteiger partial charge in [-0.25, -0.2) is 0 Å². The van der Waals surface area contributed by atoms with Gasteiger partial charge in [-0.1, -0.05) is 0 Å². The van der Waals surface area contributed by atoms with Crippen LogP contribution in [0.3, 0.4) is 0 Å². The van der Waals surface area contributed by atoms with E-state index in [2.05, 4.69) is 4.89 Å². The van der Waals surface area contributed by atoms with Gasteiger partial charge in [0, 0.05) is 0 Å². The molecule has 0 aliphatic carbocycles. The number of rotatable bonds is 0. The van der Waals surface area contributed by atoms with Crippen molar-refractivity contribution in [1.29, 1.82) is 0 Å². The SMILES string of the molecule is O=C([O-])O[O-].[Cs+].[Cs+]. The molecule has 7 heavy (non-hydrogen) atoms. The summed E-state index contributed by atoms with van der Waals surface area (Å²) in [7, 11) is 0. The van der Waals surface area contributed by atoms with E-state index in [4.69, 9.17) is 15.2 Å². The second-order valence-electron chi connectivity index (χ2n) is 0.333. The van der Waals surface area contributed by atoms with Crippen molar-refractivity contribution in [2.24, 2.45) is 0 Å². The van der Waals surface area contributed by atoms with Gasteiger partial charge < -0.3 is 20.0 Å². The first-order chi connectivity index (χ1) is 2.27. The monoisotopic (exact) mass is 342 g/mol. The molecule has 0 unspecified atom stereocenters. The van der Waals surface area contributed by atoms with Crippen LogP contribution in [0.5, 0.6) is 0 Å². The van der Waals surface area contributed by atoms with Crippen LogP contribution in [0.2, 0.25) is 0 Å². The molecule has 0 aliphatic heterocycles. The molecule has 0 aromatic carbocycles. The molecular formula is CCs2O4. The molecule has 0 saturated heterocycles. The summed E-state index contributed by atoms with van der Waals surface area (Å²) in [6, 6.07) is 0. The van der Waals surface area contributed by atoms with Gasteiger partial charge in [0.25, 0.3) is 0 Å². The van der Waals surface area contributed by atoms with Crippen molar-refractivity contribution < 1.29 is 158 Å². The Morgan fingerprint density at radius 1 is 1.43 bits per heavy atom. The molecule has 0 fully saturated rings. The van der Waals surface area contributed by atoms with Crippen molar-refractivity contribution >= 4 is 6.16 Å². The standard InChI is InChI=1S/CH2O4.2Cs/c2-1(3)5-4;;/h4H,(H,2,3);;/q;2*+1/p-2. The van der Waals surface area contributed by atoms with E-state index in [-0.39, 0.29) is 138 Å². The molecule has 0 bridgehead atoms. The molecule has 0 spiro atoms. The molecule has 0 atom stereocenters. The van der Waals surface area contributed by atoms with Gasteiger partial charge in [-0.05, 0) is 0 Å². The summed E-state index contributed by atoms with van der Waals surface area (Å²) in [4.78, 5) is 11.0. The van der Waals surface area contributed by atoms with Gasteiger partial charge >= 0.3 is 138 Å². The summed E-state index contributed by atoms with van der Waals surface area (Å²) in [5.41, 5.74) is 0. The van der Waals surface area contributed by atoms with Crippen molar-refractivity contribution in [3.05, 3.63) is 0 Å². The Morgan fingerprint density at radius 3 is 1.57 bits per heavy atom. The van der Waals surface area contributed by atoms with Crippen LogP contribution in [0.25, 0.3) is 0 Å². The van der Waals surface area contributed by atoms with Crippen molar-refractivity contribution in [3.8, 4) is 0 Å². The third kappa shape index (κ3) is 17.6. The van der Waals surface area contributed by atoms with Crippen LogP contribution in [-0.4, -0.2) is 6.16 Å². The molecule has 6 heteroatoms. The van der Waals surface area contributed by atoms with Gasteiger partial charge in [0.1, 0.15) is 0 Å². The average molecular weight is 342 g/mol. The Labute approximate surface area is 158 Å². The zero-order valence-corrected chi connectivity index (χ0v) is 16.7. The minimum Gasteiger partial charge on any atom is -0.755 e. The predicted molar refractivity (Wildman–Crippen MR) is 6.48 cm³/mol. The average Bonchev–Trinajstić information content (AvgIpc) is 1.38. The van der Waals surface area contributed by atoms with Crippen LogP contribution >= 0.6 is 0 Å². The van der Waals surface area contributed by atoms with Crippen LogP contribution in [0, 0.1) is 0 Å². The fourth-order valence-corrected chi connectivity index (χ4v) is 0. The van der Waals surface area contributed by atoms with Crippen molar-refractivity contribution in [3.63, 3.8) is 0 Å². The molecule has 4 nitrogen and oxygen atoms in total. The maximum atomic E-state index is 8.72. The van der Waals surface area contributed by atoms with Crippen molar-refractivity contribution in [2.75, 3.05) is 0 Å². The molecule has 30 valence electrons. The molecule has 0 N–H and O–H groups in total. The van der Waals surface area contributed by atoms with Gasteiger partial charge in [-0.3, -0.25) is 0 Å². The third-order valence-corrected chi connectivity index (χ3v) is 0.0680. The van der Waals surface area contributed by atoms with E-state index in [9.17, 15) is 0 Å². The van der Waals surface area contributed by atoms with E-state index >= 15 is 0 Å². The molecule has 0 saturated carbocycles. The van der Waals surface area contributed by atoms with Gasteiger partial charge in [-0.15, -0.1) is 0 Å². The number of carboxylic acid groups (broad SMARTS) is 1. The zero-order chi connectivity index (χ0) is 4.28. The smallest absolute Gasteiger partial charge is 0.755 e. The van der Waals surface area contributed by atoms with Crippen LogP contribution in [0.1, 0.15) is 0 Å². The van der Waals surface area contributed by atoms with E-state index in [1.807, 2.05) is 0 Å². The zero-order valence-electron chi connectivity index (χ0n) is 4.13. The topological polar surface area (TPSA) is 72.4 Å². The fourth-order valence-electron chi connectivity index (χ4n) is 0. The third-order valence-electron chi connectivity index (χ3n) is 0.0680. The fraction of sp³-hybridized carbons (Fsp3) is 0. The number of hydrogen-bond donors (Lipinski definition) is 0. The Balaban J connectivity index is -0.0000000800. The predicted octanol–water partition coefficient (Wildman–Crippen LogP) is -8.37. The maximum Gasteiger partial charge on any atom is 1.00 e. The van der Waals surface area contributed by atoms with Gasteiger partial charge in [-0.2, -0.15) is 0 Å². The summed E-state index contributed by atoms with van der Waals surface area (Å²) in [5, 5.41) is 17.2. The molecule has 0 rings (SSSR count). The van der Waals surface area contributed by atoms with E-state index in [0.717, 1.165) is 0 Å². The van der Waals surface area contributed by atoms with Crippen molar-refractivity contribution in [2.45, 2.75) is 0 Å². The minimum atomic E-state index is -2.05. The second kappa shape index (κ2) is 12.1. The number of hydrogen-bond acceptors (Lipinski definition) is 4. The molecule has 0 radical (unpaired) electrons. The molecule has 0 amide bonds.